The van der Waals surface area contributed by atoms with Gasteiger partial charge in [0.1, 0.15) is 15.6 Å². The molecule has 2 amide bonds. The normalized spacial score (nSPS) is 12.4. The Morgan fingerprint density at radius 2 is 1.49 bits per heavy atom. The monoisotopic (exact) mass is 588 g/mol. The van der Waals surface area contributed by atoms with Crippen LogP contribution in [0, 0.1) is 5.82 Å². The number of hydrazine groups is 1. The highest BCUT2D eigenvalue weighted by molar-refractivity contribution is 7.92. The average molecular weight is 589 g/mol. The van der Waals surface area contributed by atoms with Crippen LogP contribution in [-0.2, 0) is 24.8 Å². The Kier molecular flexibility index (Phi) is 8.76. The molecule has 3 rings (SSSR count). The summed E-state index contributed by atoms with van der Waals surface area (Å²) >= 11 is 11.8. The van der Waals surface area contributed by atoms with E-state index in [1.807, 2.05) is 10.1 Å². The number of hydrogen-bond acceptors (Lipinski definition) is 6. The van der Waals surface area contributed by atoms with Crippen LogP contribution in [0.5, 0.6) is 0 Å². The van der Waals surface area contributed by atoms with Gasteiger partial charge in [-0.15, -0.1) is 0 Å². The smallest absolute Gasteiger partial charge is 0.269 e. The van der Waals surface area contributed by atoms with Gasteiger partial charge in [-0.2, -0.15) is 4.72 Å². The van der Waals surface area contributed by atoms with Crippen molar-refractivity contribution in [2.45, 2.75) is 22.8 Å². The van der Waals surface area contributed by atoms with Gasteiger partial charge in [-0.25, -0.2) is 21.2 Å². The third-order valence-corrected chi connectivity index (χ3v) is 8.42. The molecule has 1 atom stereocenters. The van der Waals surface area contributed by atoms with Gasteiger partial charge in [0, 0.05) is 16.3 Å². The second-order valence-electron chi connectivity index (χ2n) is 7.47. The Morgan fingerprint density at radius 1 is 0.838 bits per heavy atom. The summed E-state index contributed by atoms with van der Waals surface area (Å²) in [6, 6.07) is 12.4. The summed E-state index contributed by atoms with van der Waals surface area (Å²) in [5.74, 6) is -2.90. The molecule has 3 aromatic rings. The van der Waals surface area contributed by atoms with Crippen LogP contribution in [0.2, 0.25) is 10.0 Å². The van der Waals surface area contributed by atoms with Gasteiger partial charge in [0.25, 0.3) is 21.8 Å². The first-order valence-electron chi connectivity index (χ1n) is 10.2. The molecule has 0 bridgehead atoms. The van der Waals surface area contributed by atoms with Crippen molar-refractivity contribution < 1.29 is 30.8 Å². The first kappa shape index (κ1) is 28.3. The second-order valence-corrected chi connectivity index (χ2v) is 11.7. The minimum atomic E-state index is -4.38. The summed E-state index contributed by atoms with van der Waals surface area (Å²) in [4.78, 5) is 23.8. The number of hydrogen-bond donors (Lipinski definition) is 4. The summed E-state index contributed by atoms with van der Waals surface area (Å²) in [6.45, 7) is 1.18. The molecule has 4 N–H and O–H groups in total. The van der Waals surface area contributed by atoms with Crippen LogP contribution in [-0.4, -0.2) is 34.7 Å². The maximum atomic E-state index is 13.8. The minimum Gasteiger partial charge on any atom is -0.280 e. The molecular formula is C22H19Cl2FN4O6S2. The second kappa shape index (κ2) is 11.4. The maximum absolute atomic E-state index is 13.8. The predicted molar refractivity (Wildman–Crippen MR) is 136 cm³/mol. The van der Waals surface area contributed by atoms with Crippen molar-refractivity contribution in [3.8, 4) is 0 Å². The zero-order valence-electron chi connectivity index (χ0n) is 18.8. The number of sulfonamides is 2. The molecule has 0 unspecified atom stereocenters. The molecule has 196 valence electrons. The Balaban J connectivity index is 1.68. The molecule has 0 fully saturated rings. The van der Waals surface area contributed by atoms with Crippen LogP contribution < -0.4 is 20.3 Å². The van der Waals surface area contributed by atoms with E-state index < -0.39 is 53.5 Å². The van der Waals surface area contributed by atoms with Crippen LogP contribution in [0.3, 0.4) is 0 Å². The van der Waals surface area contributed by atoms with E-state index in [1.54, 1.807) is 0 Å². The van der Waals surface area contributed by atoms with Crippen LogP contribution >= 0.6 is 23.2 Å². The third kappa shape index (κ3) is 7.17. The summed E-state index contributed by atoms with van der Waals surface area (Å²) < 4.78 is 68.4. The van der Waals surface area contributed by atoms with Gasteiger partial charge in [0.2, 0.25) is 10.0 Å². The molecule has 37 heavy (non-hydrogen) atoms. The molecule has 0 aliphatic rings. The van der Waals surface area contributed by atoms with Crippen LogP contribution in [0.15, 0.2) is 76.5 Å². The molecule has 3 aromatic carbocycles. The fraction of sp³-hybridized carbons (Fsp3) is 0.0909. The summed E-state index contributed by atoms with van der Waals surface area (Å²) in [7, 11) is -8.58. The van der Waals surface area contributed by atoms with E-state index >= 15 is 0 Å². The predicted octanol–water partition coefficient (Wildman–Crippen LogP) is 3.06. The Hall–Kier alpha value is -3.23. The molecule has 15 heteroatoms. The highest BCUT2D eigenvalue weighted by atomic mass is 35.5. The fourth-order valence-corrected chi connectivity index (χ4v) is 5.88. The quantitative estimate of drug-likeness (QED) is 0.297. The number of benzene rings is 3. The summed E-state index contributed by atoms with van der Waals surface area (Å²) in [5.41, 5.74) is 4.09. The first-order valence-corrected chi connectivity index (χ1v) is 14.0. The molecular weight excluding hydrogens is 570 g/mol. The zero-order valence-corrected chi connectivity index (χ0v) is 22.0. The molecule has 0 heterocycles. The fourth-order valence-electron chi connectivity index (χ4n) is 2.89. The lowest BCUT2D eigenvalue weighted by atomic mass is 10.2. The minimum absolute atomic E-state index is 0.168. The highest BCUT2D eigenvalue weighted by Crippen LogP contribution is 2.25. The van der Waals surface area contributed by atoms with Gasteiger partial charge in [0.15, 0.2) is 0 Å². The van der Waals surface area contributed by atoms with Crippen molar-refractivity contribution >= 4 is 60.8 Å². The van der Waals surface area contributed by atoms with Crippen molar-refractivity contribution in [2.24, 2.45) is 0 Å². The maximum Gasteiger partial charge on any atom is 0.269 e. The lowest BCUT2D eigenvalue weighted by Crippen LogP contribution is -2.51. The van der Waals surface area contributed by atoms with Crippen molar-refractivity contribution in [3.63, 3.8) is 0 Å². The van der Waals surface area contributed by atoms with E-state index in [9.17, 15) is 30.8 Å². The lowest BCUT2D eigenvalue weighted by Gasteiger charge is -2.15. The zero-order chi connectivity index (χ0) is 27.4. The molecule has 10 nitrogen and oxygen atoms in total. The molecule has 0 radical (unpaired) electrons. The molecule has 0 spiro atoms. The van der Waals surface area contributed by atoms with Gasteiger partial charge >= 0.3 is 0 Å². The number of rotatable bonds is 8. The number of carbonyl (C=O) groups excluding carboxylic acids is 2. The molecule has 0 saturated carbocycles. The van der Waals surface area contributed by atoms with Gasteiger partial charge in [0.05, 0.1) is 11.1 Å². The first-order chi connectivity index (χ1) is 17.3. The van der Waals surface area contributed by atoms with E-state index in [0.29, 0.717) is 5.02 Å². The number of carbonyl (C=O) groups is 2. The lowest BCUT2D eigenvalue weighted by molar-refractivity contribution is -0.123. The number of anilines is 1. The Morgan fingerprint density at radius 3 is 2.14 bits per heavy atom. The van der Waals surface area contributed by atoms with E-state index in [2.05, 4.69) is 10.1 Å². The largest absolute Gasteiger partial charge is 0.280 e. The van der Waals surface area contributed by atoms with E-state index in [1.165, 1.54) is 55.5 Å². The van der Waals surface area contributed by atoms with Crippen LogP contribution in [0.1, 0.15) is 17.3 Å². The Labute approximate surface area is 222 Å². The van der Waals surface area contributed by atoms with Crippen molar-refractivity contribution in [3.05, 3.63) is 88.2 Å². The summed E-state index contributed by atoms with van der Waals surface area (Å²) in [5, 5.41) is 0.231. The van der Waals surface area contributed by atoms with E-state index in [-0.39, 0.29) is 16.3 Å². The Bertz CT molecular complexity index is 1550. The van der Waals surface area contributed by atoms with Gasteiger partial charge in [-0.05, 0) is 61.5 Å². The average Bonchev–Trinajstić information content (AvgIpc) is 2.83. The van der Waals surface area contributed by atoms with E-state index in [0.717, 1.165) is 18.2 Å². The highest BCUT2D eigenvalue weighted by Gasteiger charge is 2.25. The van der Waals surface area contributed by atoms with Crippen molar-refractivity contribution in [1.29, 1.82) is 0 Å². The third-order valence-electron chi connectivity index (χ3n) is 4.73. The van der Waals surface area contributed by atoms with Gasteiger partial charge in [-0.1, -0.05) is 35.3 Å². The topological polar surface area (TPSA) is 151 Å². The van der Waals surface area contributed by atoms with E-state index in [4.69, 9.17) is 23.2 Å². The van der Waals surface area contributed by atoms with Gasteiger partial charge in [-0.3, -0.25) is 25.2 Å². The SMILES string of the molecule is C[C@H](NS(=O)(=O)c1ccccc1F)C(=O)NNC(=O)c1ccc(Cl)c(S(=O)(=O)Nc2ccc(Cl)cc2)c1. The number of nitrogens with one attached hydrogen (secondary N) is 4. The molecule has 0 aliphatic carbocycles. The number of halogens is 3. The van der Waals surface area contributed by atoms with Gasteiger partial charge < -0.3 is 0 Å². The standard InChI is InChI=1S/C22H19Cl2FN4O6S2/c1-13(28-36(32,33)19-5-3-2-4-18(19)25)21(30)26-27-22(31)14-6-11-17(24)20(12-14)37(34,35)29-16-9-7-15(23)8-10-16/h2-13,28-29H,1H3,(H,26,30)(H,27,31)/t13-/m0/s1. The summed E-state index contributed by atoms with van der Waals surface area (Å²) in [6.07, 6.45) is 0. The van der Waals surface area contributed by atoms with Crippen molar-refractivity contribution in [1.82, 2.24) is 15.6 Å². The van der Waals surface area contributed by atoms with Crippen LogP contribution in [0.4, 0.5) is 10.1 Å². The van der Waals surface area contributed by atoms with Crippen molar-refractivity contribution in [2.75, 3.05) is 4.72 Å². The molecule has 0 aromatic heterocycles. The molecule has 0 saturated heterocycles. The van der Waals surface area contributed by atoms with Crippen LogP contribution in [0.25, 0.3) is 0 Å². The molecule has 0 aliphatic heterocycles. The number of amides is 2.